The number of nitrogens with one attached hydrogen (secondary N) is 1. The van der Waals surface area contributed by atoms with E-state index in [-0.39, 0.29) is 5.91 Å². The van der Waals surface area contributed by atoms with Crippen LogP contribution in [0.1, 0.15) is 11.9 Å². The highest BCUT2D eigenvalue weighted by Crippen LogP contribution is 2.03. The third-order valence-electron chi connectivity index (χ3n) is 1.44. The topological polar surface area (TPSA) is 42.0 Å². The standard InChI is InChI=1S/C9H12N2OS/c1-2-3-8(12)10-5-4-9-11-6-7-13-9/h2-3,6-7H,4-5H2,1H3,(H,10,12)/b3-2+. The van der Waals surface area contributed by atoms with Gasteiger partial charge in [0.25, 0.3) is 0 Å². The summed E-state index contributed by atoms with van der Waals surface area (Å²) < 4.78 is 0. The second kappa shape index (κ2) is 5.48. The first kappa shape index (κ1) is 9.92. The molecule has 70 valence electrons. The number of carbonyl (C=O) groups is 1. The summed E-state index contributed by atoms with van der Waals surface area (Å²) in [4.78, 5) is 15.1. The monoisotopic (exact) mass is 196 g/mol. The predicted octanol–water partition coefficient (Wildman–Crippen LogP) is 1.38. The van der Waals surface area contributed by atoms with Crippen molar-refractivity contribution in [3.05, 3.63) is 28.7 Å². The van der Waals surface area contributed by atoms with Crippen molar-refractivity contribution in [2.24, 2.45) is 0 Å². The third kappa shape index (κ3) is 3.85. The zero-order valence-electron chi connectivity index (χ0n) is 7.49. The second-order valence-corrected chi connectivity index (χ2v) is 3.45. The summed E-state index contributed by atoms with van der Waals surface area (Å²) in [5, 5.41) is 5.75. The van der Waals surface area contributed by atoms with Gasteiger partial charge in [-0.3, -0.25) is 4.79 Å². The Morgan fingerprint density at radius 1 is 1.77 bits per heavy atom. The van der Waals surface area contributed by atoms with E-state index < -0.39 is 0 Å². The maximum Gasteiger partial charge on any atom is 0.243 e. The molecule has 0 unspecified atom stereocenters. The molecule has 0 aliphatic heterocycles. The Labute approximate surface area is 81.5 Å². The summed E-state index contributed by atoms with van der Waals surface area (Å²) in [6, 6.07) is 0. The van der Waals surface area contributed by atoms with Gasteiger partial charge in [0, 0.05) is 24.5 Å². The highest BCUT2D eigenvalue weighted by Gasteiger charge is 1.96. The van der Waals surface area contributed by atoms with Crippen LogP contribution < -0.4 is 5.32 Å². The van der Waals surface area contributed by atoms with Crippen LogP contribution in [0.15, 0.2) is 23.7 Å². The van der Waals surface area contributed by atoms with Gasteiger partial charge in [0.1, 0.15) is 0 Å². The molecule has 1 aromatic rings. The van der Waals surface area contributed by atoms with Crippen molar-refractivity contribution in [3.63, 3.8) is 0 Å². The van der Waals surface area contributed by atoms with Crippen LogP contribution in [-0.2, 0) is 11.2 Å². The zero-order chi connectivity index (χ0) is 9.52. The number of amides is 1. The zero-order valence-corrected chi connectivity index (χ0v) is 8.30. The Morgan fingerprint density at radius 3 is 3.23 bits per heavy atom. The van der Waals surface area contributed by atoms with Gasteiger partial charge in [0.05, 0.1) is 5.01 Å². The van der Waals surface area contributed by atoms with Crippen LogP contribution in [0.3, 0.4) is 0 Å². The lowest BCUT2D eigenvalue weighted by Crippen LogP contribution is -2.23. The van der Waals surface area contributed by atoms with Gasteiger partial charge < -0.3 is 5.32 Å². The lowest BCUT2D eigenvalue weighted by molar-refractivity contribution is -0.116. The number of nitrogens with zero attached hydrogens (tertiary/aromatic N) is 1. The average molecular weight is 196 g/mol. The largest absolute Gasteiger partial charge is 0.352 e. The molecule has 0 bridgehead atoms. The van der Waals surface area contributed by atoms with E-state index >= 15 is 0 Å². The van der Waals surface area contributed by atoms with Crippen molar-refractivity contribution < 1.29 is 4.79 Å². The molecule has 1 rings (SSSR count). The molecule has 0 aromatic carbocycles. The summed E-state index contributed by atoms with van der Waals surface area (Å²) in [5.41, 5.74) is 0. The number of thiazole rings is 1. The molecule has 13 heavy (non-hydrogen) atoms. The van der Waals surface area contributed by atoms with E-state index in [4.69, 9.17) is 0 Å². The van der Waals surface area contributed by atoms with Crippen molar-refractivity contribution in [2.75, 3.05) is 6.54 Å². The van der Waals surface area contributed by atoms with E-state index in [2.05, 4.69) is 10.3 Å². The second-order valence-electron chi connectivity index (χ2n) is 2.47. The van der Waals surface area contributed by atoms with Crippen LogP contribution in [-0.4, -0.2) is 17.4 Å². The lowest BCUT2D eigenvalue weighted by Gasteiger charge is -1.98. The molecule has 0 saturated carbocycles. The van der Waals surface area contributed by atoms with Gasteiger partial charge in [-0.05, 0) is 13.0 Å². The molecule has 0 aliphatic carbocycles. The number of carbonyl (C=O) groups excluding carboxylic acids is 1. The lowest BCUT2D eigenvalue weighted by atomic mass is 10.4. The van der Waals surface area contributed by atoms with Crippen LogP contribution in [0, 0.1) is 0 Å². The van der Waals surface area contributed by atoms with Gasteiger partial charge in [-0.1, -0.05) is 6.08 Å². The van der Waals surface area contributed by atoms with E-state index in [0.717, 1.165) is 11.4 Å². The first-order valence-corrected chi connectivity index (χ1v) is 5.00. The molecule has 0 radical (unpaired) electrons. The Morgan fingerprint density at radius 2 is 2.62 bits per heavy atom. The van der Waals surface area contributed by atoms with Crippen molar-refractivity contribution in [3.8, 4) is 0 Å². The summed E-state index contributed by atoms with van der Waals surface area (Å²) in [5.74, 6) is -0.0425. The van der Waals surface area contributed by atoms with E-state index in [1.54, 1.807) is 23.6 Å². The van der Waals surface area contributed by atoms with Gasteiger partial charge in [-0.2, -0.15) is 0 Å². The molecular formula is C9H12N2OS. The molecule has 0 fully saturated rings. The van der Waals surface area contributed by atoms with E-state index in [0.29, 0.717) is 6.54 Å². The van der Waals surface area contributed by atoms with E-state index in [1.807, 2.05) is 12.3 Å². The first-order chi connectivity index (χ1) is 6.33. The fourth-order valence-electron chi connectivity index (χ4n) is 0.879. The van der Waals surface area contributed by atoms with Gasteiger partial charge in [0.15, 0.2) is 0 Å². The van der Waals surface area contributed by atoms with Crippen LogP contribution in [0.25, 0.3) is 0 Å². The van der Waals surface area contributed by atoms with Gasteiger partial charge in [-0.15, -0.1) is 11.3 Å². The smallest absolute Gasteiger partial charge is 0.243 e. The van der Waals surface area contributed by atoms with Crippen LogP contribution in [0.5, 0.6) is 0 Å². The maximum atomic E-state index is 11.0. The molecule has 1 amide bonds. The molecule has 0 aliphatic rings. The predicted molar refractivity (Wildman–Crippen MR) is 53.6 cm³/mol. The summed E-state index contributed by atoms with van der Waals surface area (Å²) in [7, 11) is 0. The first-order valence-electron chi connectivity index (χ1n) is 4.12. The highest BCUT2D eigenvalue weighted by molar-refractivity contribution is 7.09. The number of allylic oxidation sites excluding steroid dienone is 1. The molecular weight excluding hydrogens is 184 g/mol. The fourth-order valence-corrected chi connectivity index (χ4v) is 1.50. The molecule has 0 saturated heterocycles. The minimum atomic E-state index is -0.0425. The minimum absolute atomic E-state index is 0.0425. The summed E-state index contributed by atoms with van der Waals surface area (Å²) in [6.07, 6.45) is 5.81. The molecule has 0 atom stereocenters. The Balaban J connectivity index is 2.18. The number of hydrogen-bond acceptors (Lipinski definition) is 3. The van der Waals surface area contributed by atoms with Crippen molar-refractivity contribution in [1.82, 2.24) is 10.3 Å². The maximum absolute atomic E-state index is 11.0. The van der Waals surface area contributed by atoms with Crippen LogP contribution >= 0.6 is 11.3 Å². The van der Waals surface area contributed by atoms with Crippen molar-refractivity contribution in [2.45, 2.75) is 13.3 Å². The quantitative estimate of drug-likeness (QED) is 0.739. The Kier molecular flexibility index (Phi) is 4.18. The molecule has 4 heteroatoms. The molecule has 3 nitrogen and oxygen atoms in total. The molecule has 0 spiro atoms. The van der Waals surface area contributed by atoms with Gasteiger partial charge in [0.2, 0.25) is 5.91 Å². The fraction of sp³-hybridized carbons (Fsp3) is 0.333. The van der Waals surface area contributed by atoms with Crippen LogP contribution in [0.2, 0.25) is 0 Å². The van der Waals surface area contributed by atoms with E-state index in [1.165, 1.54) is 6.08 Å². The number of hydrogen-bond donors (Lipinski definition) is 1. The summed E-state index contributed by atoms with van der Waals surface area (Å²) >= 11 is 1.61. The van der Waals surface area contributed by atoms with Gasteiger partial charge >= 0.3 is 0 Å². The molecule has 1 heterocycles. The highest BCUT2D eigenvalue weighted by atomic mass is 32.1. The molecule has 1 aromatic heterocycles. The van der Waals surface area contributed by atoms with Crippen LogP contribution in [0.4, 0.5) is 0 Å². The van der Waals surface area contributed by atoms with E-state index in [9.17, 15) is 4.79 Å². The third-order valence-corrected chi connectivity index (χ3v) is 2.28. The van der Waals surface area contributed by atoms with Crippen molar-refractivity contribution >= 4 is 17.2 Å². The Bertz CT molecular complexity index is 280. The summed E-state index contributed by atoms with van der Waals surface area (Å²) in [6.45, 7) is 2.47. The Hall–Kier alpha value is -1.16. The SMILES string of the molecule is C/C=C/C(=O)NCCc1nccs1. The normalized spacial score (nSPS) is 10.5. The average Bonchev–Trinajstić information content (AvgIpc) is 2.57. The van der Waals surface area contributed by atoms with Crippen molar-refractivity contribution in [1.29, 1.82) is 0 Å². The van der Waals surface area contributed by atoms with Gasteiger partial charge in [-0.25, -0.2) is 4.98 Å². The number of aromatic nitrogens is 1. The number of rotatable bonds is 4. The molecule has 1 N–H and O–H groups in total. The minimum Gasteiger partial charge on any atom is -0.352 e.